The molecule has 25 heavy (non-hydrogen) atoms. The molecule has 0 saturated carbocycles. The number of nitrogens with zero attached hydrogens (tertiary/aromatic N) is 2. The molecule has 1 fully saturated rings. The van der Waals surface area contributed by atoms with Crippen molar-refractivity contribution in [1.82, 2.24) is 10.2 Å². The minimum absolute atomic E-state index is 0.00893. The Morgan fingerprint density at radius 2 is 1.96 bits per heavy atom. The SMILES string of the molecule is CCCNC(=O)C1CCN(C(=O)C(C)Oc2ccc(C#N)cc2)CC1. The van der Waals surface area contributed by atoms with E-state index in [1.165, 1.54) is 0 Å². The summed E-state index contributed by atoms with van der Waals surface area (Å²) in [6.07, 6.45) is 1.70. The molecule has 1 N–H and O–H groups in total. The molecule has 6 heteroatoms. The predicted molar refractivity (Wildman–Crippen MR) is 93.9 cm³/mol. The van der Waals surface area contributed by atoms with E-state index >= 15 is 0 Å². The third-order valence-corrected chi connectivity index (χ3v) is 4.37. The molecule has 0 radical (unpaired) electrons. The first-order valence-electron chi connectivity index (χ1n) is 8.78. The van der Waals surface area contributed by atoms with Crippen molar-refractivity contribution in [2.24, 2.45) is 5.92 Å². The van der Waals surface area contributed by atoms with E-state index < -0.39 is 6.10 Å². The molecular weight excluding hydrogens is 318 g/mol. The maximum atomic E-state index is 12.5. The Bertz CT molecular complexity index is 628. The maximum Gasteiger partial charge on any atom is 0.263 e. The Kier molecular flexibility index (Phi) is 6.81. The Hall–Kier alpha value is -2.55. The quantitative estimate of drug-likeness (QED) is 0.857. The zero-order valence-electron chi connectivity index (χ0n) is 14.8. The van der Waals surface area contributed by atoms with Gasteiger partial charge >= 0.3 is 0 Å². The van der Waals surface area contributed by atoms with Crippen LogP contribution < -0.4 is 10.1 Å². The third kappa shape index (κ3) is 5.21. The van der Waals surface area contributed by atoms with E-state index in [-0.39, 0.29) is 17.7 Å². The zero-order chi connectivity index (χ0) is 18.2. The summed E-state index contributed by atoms with van der Waals surface area (Å²) in [6.45, 7) is 5.60. The highest BCUT2D eigenvalue weighted by molar-refractivity contribution is 5.82. The second-order valence-electron chi connectivity index (χ2n) is 6.29. The zero-order valence-corrected chi connectivity index (χ0v) is 14.8. The fourth-order valence-corrected chi connectivity index (χ4v) is 2.87. The van der Waals surface area contributed by atoms with Crippen molar-refractivity contribution in [1.29, 1.82) is 5.26 Å². The minimum atomic E-state index is -0.599. The van der Waals surface area contributed by atoms with Crippen LogP contribution in [0.5, 0.6) is 5.75 Å². The fraction of sp³-hybridized carbons (Fsp3) is 0.526. The lowest BCUT2D eigenvalue weighted by Gasteiger charge is -2.33. The van der Waals surface area contributed by atoms with Gasteiger partial charge in [0, 0.05) is 25.6 Å². The van der Waals surface area contributed by atoms with Crippen molar-refractivity contribution < 1.29 is 14.3 Å². The summed E-state index contributed by atoms with van der Waals surface area (Å²) in [4.78, 5) is 26.3. The second kappa shape index (κ2) is 9.07. The fourth-order valence-electron chi connectivity index (χ4n) is 2.87. The van der Waals surface area contributed by atoms with Crippen LogP contribution in [0, 0.1) is 17.2 Å². The highest BCUT2D eigenvalue weighted by Crippen LogP contribution is 2.20. The number of amides is 2. The monoisotopic (exact) mass is 343 g/mol. The lowest BCUT2D eigenvalue weighted by molar-refractivity contribution is -0.141. The number of ether oxygens (including phenoxy) is 1. The predicted octanol–water partition coefficient (Wildman–Crippen LogP) is 2.09. The number of nitrogens with one attached hydrogen (secondary N) is 1. The second-order valence-corrected chi connectivity index (χ2v) is 6.29. The van der Waals surface area contributed by atoms with Crippen LogP contribution in [0.15, 0.2) is 24.3 Å². The van der Waals surface area contributed by atoms with Crippen LogP contribution in [0.3, 0.4) is 0 Å². The lowest BCUT2D eigenvalue weighted by atomic mass is 9.95. The van der Waals surface area contributed by atoms with E-state index in [4.69, 9.17) is 10.00 Å². The molecule has 2 rings (SSSR count). The van der Waals surface area contributed by atoms with Crippen LogP contribution in [-0.2, 0) is 9.59 Å². The van der Waals surface area contributed by atoms with E-state index in [1.54, 1.807) is 36.1 Å². The van der Waals surface area contributed by atoms with Crippen LogP contribution in [0.25, 0.3) is 0 Å². The number of likely N-dealkylation sites (tertiary alicyclic amines) is 1. The summed E-state index contributed by atoms with van der Waals surface area (Å²) < 4.78 is 5.68. The smallest absolute Gasteiger partial charge is 0.263 e. The Morgan fingerprint density at radius 1 is 1.32 bits per heavy atom. The topological polar surface area (TPSA) is 82.4 Å². The number of piperidine rings is 1. The Morgan fingerprint density at radius 3 is 2.52 bits per heavy atom. The van der Waals surface area contributed by atoms with Crippen molar-refractivity contribution in [2.75, 3.05) is 19.6 Å². The molecule has 1 aromatic carbocycles. The molecule has 0 aromatic heterocycles. The number of hydrogen-bond acceptors (Lipinski definition) is 4. The van der Waals surface area contributed by atoms with Gasteiger partial charge in [0.15, 0.2) is 6.10 Å². The first kappa shape index (κ1) is 18.8. The summed E-state index contributed by atoms with van der Waals surface area (Å²) in [7, 11) is 0. The molecule has 1 saturated heterocycles. The van der Waals surface area contributed by atoms with E-state index in [2.05, 4.69) is 5.32 Å². The number of benzene rings is 1. The van der Waals surface area contributed by atoms with Crippen LogP contribution in [-0.4, -0.2) is 42.5 Å². The summed E-state index contributed by atoms with van der Waals surface area (Å²) in [5.41, 5.74) is 0.551. The van der Waals surface area contributed by atoms with Crippen molar-refractivity contribution in [3.63, 3.8) is 0 Å². The van der Waals surface area contributed by atoms with Crippen LogP contribution in [0.2, 0.25) is 0 Å². The highest BCUT2D eigenvalue weighted by Gasteiger charge is 2.29. The van der Waals surface area contributed by atoms with Gasteiger partial charge in [-0.15, -0.1) is 0 Å². The normalized spacial score (nSPS) is 16.0. The molecule has 1 aliphatic rings. The largest absolute Gasteiger partial charge is 0.481 e. The average Bonchev–Trinajstić information content (AvgIpc) is 2.66. The van der Waals surface area contributed by atoms with Crippen molar-refractivity contribution in [3.05, 3.63) is 29.8 Å². The standard InChI is InChI=1S/C19H25N3O3/c1-3-10-21-18(23)16-8-11-22(12-9-16)19(24)14(2)25-17-6-4-15(13-20)5-7-17/h4-7,14,16H,3,8-12H2,1-2H3,(H,21,23). The van der Waals surface area contributed by atoms with E-state index in [0.717, 1.165) is 6.42 Å². The van der Waals surface area contributed by atoms with Gasteiger partial charge in [-0.2, -0.15) is 5.26 Å². The van der Waals surface area contributed by atoms with Gasteiger partial charge in [-0.1, -0.05) is 6.92 Å². The molecule has 2 amide bonds. The molecule has 6 nitrogen and oxygen atoms in total. The molecule has 134 valence electrons. The minimum Gasteiger partial charge on any atom is -0.481 e. The average molecular weight is 343 g/mol. The number of hydrogen-bond donors (Lipinski definition) is 1. The molecule has 1 heterocycles. The van der Waals surface area contributed by atoms with Gasteiger partial charge in [0.05, 0.1) is 11.6 Å². The summed E-state index contributed by atoms with van der Waals surface area (Å²) in [6, 6.07) is 8.74. The molecule has 1 atom stereocenters. The van der Waals surface area contributed by atoms with Crippen LogP contribution in [0.1, 0.15) is 38.7 Å². The molecule has 1 unspecified atom stereocenters. The first-order chi connectivity index (χ1) is 12.0. The van der Waals surface area contributed by atoms with Gasteiger partial charge in [-0.05, 0) is 50.5 Å². The van der Waals surface area contributed by atoms with Gasteiger partial charge in [0.1, 0.15) is 5.75 Å². The van der Waals surface area contributed by atoms with Crippen molar-refractivity contribution in [3.8, 4) is 11.8 Å². The summed E-state index contributed by atoms with van der Waals surface area (Å²) in [5.74, 6) is 0.576. The molecule has 0 aliphatic carbocycles. The lowest BCUT2D eigenvalue weighted by Crippen LogP contribution is -2.47. The number of carbonyl (C=O) groups is 2. The van der Waals surface area contributed by atoms with Gasteiger partial charge in [0.2, 0.25) is 5.91 Å². The number of carbonyl (C=O) groups excluding carboxylic acids is 2. The number of nitriles is 1. The first-order valence-corrected chi connectivity index (χ1v) is 8.78. The Labute approximate surface area is 148 Å². The van der Waals surface area contributed by atoms with Gasteiger partial charge < -0.3 is 15.0 Å². The summed E-state index contributed by atoms with van der Waals surface area (Å²) >= 11 is 0. The van der Waals surface area contributed by atoms with E-state index in [9.17, 15) is 9.59 Å². The molecule has 0 spiro atoms. The van der Waals surface area contributed by atoms with Crippen LogP contribution in [0.4, 0.5) is 0 Å². The maximum absolute atomic E-state index is 12.5. The molecule has 1 aliphatic heterocycles. The van der Waals surface area contributed by atoms with E-state index in [1.807, 2.05) is 13.0 Å². The van der Waals surface area contributed by atoms with Crippen molar-refractivity contribution in [2.45, 2.75) is 39.2 Å². The Balaban J connectivity index is 1.82. The van der Waals surface area contributed by atoms with E-state index in [0.29, 0.717) is 43.8 Å². The van der Waals surface area contributed by atoms with Gasteiger partial charge in [-0.25, -0.2) is 0 Å². The number of rotatable bonds is 6. The van der Waals surface area contributed by atoms with Gasteiger partial charge in [0.25, 0.3) is 5.91 Å². The third-order valence-electron chi connectivity index (χ3n) is 4.37. The summed E-state index contributed by atoms with van der Waals surface area (Å²) in [5, 5.41) is 11.7. The molecular formula is C19H25N3O3. The van der Waals surface area contributed by atoms with Gasteiger partial charge in [-0.3, -0.25) is 9.59 Å². The molecule has 0 bridgehead atoms. The van der Waals surface area contributed by atoms with Crippen LogP contribution >= 0.6 is 0 Å². The van der Waals surface area contributed by atoms with Crippen molar-refractivity contribution >= 4 is 11.8 Å². The molecule has 1 aromatic rings. The highest BCUT2D eigenvalue weighted by atomic mass is 16.5.